The number of ether oxygens (including phenoxy) is 5. The molecule has 1 aromatic carbocycles. The lowest BCUT2D eigenvalue weighted by molar-refractivity contribution is -0.134. The summed E-state index contributed by atoms with van der Waals surface area (Å²) in [6.45, 7) is 14.4. The van der Waals surface area contributed by atoms with Gasteiger partial charge in [0.25, 0.3) is 5.91 Å². The van der Waals surface area contributed by atoms with Gasteiger partial charge in [0.2, 0.25) is 0 Å². The van der Waals surface area contributed by atoms with Gasteiger partial charge < -0.3 is 34.1 Å². The minimum atomic E-state index is -1.09. The fourth-order valence-electron chi connectivity index (χ4n) is 6.06. The molecular formula is C35H61NO7. The second kappa shape index (κ2) is 20.0. The Balaban J connectivity index is 2.66. The van der Waals surface area contributed by atoms with Crippen molar-refractivity contribution in [1.82, 2.24) is 5.32 Å². The van der Waals surface area contributed by atoms with Crippen LogP contribution in [0.4, 0.5) is 0 Å². The maximum atomic E-state index is 12.4. The molecule has 0 aliphatic rings. The van der Waals surface area contributed by atoms with Crippen molar-refractivity contribution in [3.63, 3.8) is 0 Å². The molecule has 0 aliphatic carbocycles. The van der Waals surface area contributed by atoms with Gasteiger partial charge >= 0.3 is 0 Å². The van der Waals surface area contributed by atoms with E-state index >= 15 is 0 Å². The molecule has 1 amide bonds. The number of aliphatic hydroxyl groups excluding tert-OH is 1. The first-order chi connectivity index (χ1) is 20.4. The van der Waals surface area contributed by atoms with E-state index in [9.17, 15) is 9.90 Å². The molecule has 4 atom stereocenters. The van der Waals surface area contributed by atoms with Crippen LogP contribution in [0.15, 0.2) is 18.2 Å². The van der Waals surface area contributed by atoms with Crippen LogP contribution in [0.25, 0.3) is 0 Å². The zero-order valence-corrected chi connectivity index (χ0v) is 28.8. The molecule has 248 valence electrons. The molecule has 2 N–H and O–H groups in total. The number of aliphatic hydroxyl groups is 1. The summed E-state index contributed by atoms with van der Waals surface area (Å²) >= 11 is 0. The number of methoxy groups -OCH3 is 5. The van der Waals surface area contributed by atoms with Gasteiger partial charge in [0, 0.05) is 32.8 Å². The summed E-state index contributed by atoms with van der Waals surface area (Å²) in [5.74, 6) is 1.37. The lowest BCUT2D eigenvalue weighted by Crippen LogP contribution is -2.45. The molecule has 0 radical (unpaired) electrons. The fraction of sp³-hybridized carbons (Fsp3) is 0.743. The summed E-state index contributed by atoms with van der Waals surface area (Å²) in [6.07, 6.45) is 7.82. The van der Waals surface area contributed by atoms with Crippen LogP contribution in [0.5, 0.6) is 11.5 Å². The van der Waals surface area contributed by atoms with Crippen LogP contribution in [0.3, 0.4) is 0 Å². The highest BCUT2D eigenvalue weighted by Crippen LogP contribution is 2.36. The number of rotatable bonds is 23. The number of hydrogen-bond donors (Lipinski definition) is 2. The van der Waals surface area contributed by atoms with Gasteiger partial charge in [-0.1, -0.05) is 45.6 Å². The Morgan fingerprint density at radius 3 is 2.02 bits per heavy atom. The van der Waals surface area contributed by atoms with E-state index < -0.39 is 18.2 Å². The van der Waals surface area contributed by atoms with Crippen molar-refractivity contribution in [2.75, 3.05) is 35.5 Å². The summed E-state index contributed by atoms with van der Waals surface area (Å²) in [4.78, 5) is 12.4. The predicted octanol–water partition coefficient (Wildman–Crippen LogP) is 6.71. The van der Waals surface area contributed by atoms with Crippen LogP contribution in [-0.2, 0) is 31.8 Å². The third-order valence-corrected chi connectivity index (χ3v) is 8.84. The third-order valence-electron chi connectivity index (χ3n) is 8.84. The average molecular weight is 608 g/mol. The number of amides is 1. The molecule has 1 rings (SSSR count). The quantitative estimate of drug-likeness (QED) is 0.0811. The van der Waals surface area contributed by atoms with Gasteiger partial charge in [0.15, 0.2) is 0 Å². The highest BCUT2D eigenvalue weighted by atomic mass is 16.5. The van der Waals surface area contributed by atoms with Crippen LogP contribution < -0.4 is 14.8 Å². The average Bonchev–Trinajstić information content (AvgIpc) is 2.98. The number of carbonyl (C=O) groups excluding carboxylic acids is 1. The standard InChI is InChI=1S/C35H61NO7/c1-12-26-27(25(4)29(39-7)23-30(26)40-8)17-15-13-14-16-18-31(41-9)35(5,6)32(42-10)21-22-33(43-11)36-34(38)28(37)20-19-24(2)3/h23,28,31-33,37H,2,12-22H2,1,3-11H3,(H,36,38)/t28?,31-,32-,33+/m1/s1. The van der Waals surface area contributed by atoms with Gasteiger partial charge in [-0.15, -0.1) is 6.58 Å². The summed E-state index contributed by atoms with van der Waals surface area (Å²) < 4.78 is 28.7. The molecule has 1 unspecified atom stereocenters. The van der Waals surface area contributed by atoms with Crippen LogP contribution in [0.1, 0.15) is 102 Å². The monoisotopic (exact) mass is 607 g/mol. The van der Waals surface area contributed by atoms with E-state index in [0.717, 1.165) is 62.0 Å². The van der Waals surface area contributed by atoms with E-state index in [1.165, 1.54) is 16.7 Å². The first-order valence-electron chi connectivity index (χ1n) is 15.9. The Hall–Kier alpha value is -2.13. The van der Waals surface area contributed by atoms with E-state index in [1.807, 2.05) is 13.0 Å². The molecule has 0 aliphatic heterocycles. The minimum absolute atomic E-state index is 0.0218. The fourth-order valence-corrected chi connectivity index (χ4v) is 6.06. The zero-order valence-electron chi connectivity index (χ0n) is 28.8. The Labute approximate surface area is 261 Å². The van der Waals surface area contributed by atoms with Gasteiger partial charge in [-0.25, -0.2) is 0 Å². The predicted molar refractivity (Wildman–Crippen MR) is 174 cm³/mol. The molecule has 0 spiro atoms. The van der Waals surface area contributed by atoms with Gasteiger partial charge in [-0.2, -0.15) is 0 Å². The van der Waals surface area contributed by atoms with Crippen molar-refractivity contribution >= 4 is 5.91 Å². The molecule has 0 aromatic heterocycles. The van der Waals surface area contributed by atoms with Crippen molar-refractivity contribution in [3.05, 3.63) is 34.9 Å². The van der Waals surface area contributed by atoms with Crippen LogP contribution in [0, 0.1) is 12.3 Å². The Bertz CT molecular complexity index is 977. The van der Waals surface area contributed by atoms with Crippen LogP contribution in [0.2, 0.25) is 0 Å². The summed E-state index contributed by atoms with van der Waals surface area (Å²) in [5, 5.41) is 13.0. The summed E-state index contributed by atoms with van der Waals surface area (Å²) in [5.41, 5.74) is 4.52. The molecule has 43 heavy (non-hydrogen) atoms. The van der Waals surface area contributed by atoms with Gasteiger partial charge in [0.1, 0.15) is 23.8 Å². The number of benzene rings is 1. The molecule has 0 saturated carbocycles. The Kier molecular flexibility index (Phi) is 18.1. The van der Waals surface area contributed by atoms with Crippen molar-refractivity contribution in [1.29, 1.82) is 0 Å². The molecular weight excluding hydrogens is 546 g/mol. The topological polar surface area (TPSA) is 95.5 Å². The van der Waals surface area contributed by atoms with Crippen LogP contribution in [-0.4, -0.2) is 71.1 Å². The number of unbranched alkanes of at least 4 members (excludes halogenated alkanes) is 3. The second-order valence-electron chi connectivity index (χ2n) is 12.3. The molecule has 1 aromatic rings. The molecule has 0 fully saturated rings. The Morgan fingerprint density at radius 1 is 0.884 bits per heavy atom. The lowest BCUT2D eigenvalue weighted by Gasteiger charge is -2.40. The minimum Gasteiger partial charge on any atom is -0.496 e. The summed E-state index contributed by atoms with van der Waals surface area (Å²) in [6, 6.07) is 2.00. The van der Waals surface area contributed by atoms with E-state index in [2.05, 4.69) is 39.6 Å². The van der Waals surface area contributed by atoms with Gasteiger partial charge in [-0.05, 0) is 81.9 Å². The normalized spacial score (nSPS) is 14.6. The molecule has 0 saturated heterocycles. The number of allylic oxidation sites excluding steroid dienone is 1. The molecule has 0 heterocycles. The van der Waals surface area contributed by atoms with Crippen molar-refractivity contribution in [3.8, 4) is 11.5 Å². The smallest absolute Gasteiger partial charge is 0.250 e. The van der Waals surface area contributed by atoms with Gasteiger partial charge in [-0.3, -0.25) is 4.79 Å². The number of carbonyl (C=O) groups is 1. The van der Waals surface area contributed by atoms with Crippen molar-refractivity contribution < 1.29 is 33.6 Å². The lowest BCUT2D eigenvalue weighted by atomic mass is 9.76. The number of nitrogens with one attached hydrogen (secondary N) is 1. The zero-order chi connectivity index (χ0) is 32.6. The van der Waals surface area contributed by atoms with E-state index in [-0.39, 0.29) is 17.6 Å². The van der Waals surface area contributed by atoms with E-state index in [1.54, 1.807) is 35.5 Å². The second-order valence-corrected chi connectivity index (χ2v) is 12.3. The van der Waals surface area contributed by atoms with E-state index in [4.69, 9.17) is 23.7 Å². The van der Waals surface area contributed by atoms with Crippen LogP contribution >= 0.6 is 0 Å². The first-order valence-corrected chi connectivity index (χ1v) is 15.9. The summed E-state index contributed by atoms with van der Waals surface area (Å²) in [7, 11) is 8.49. The maximum absolute atomic E-state index is 12.4. The first kappa shape index (κ1) is 38.9. The molecule has 8 heteroatoms. The van der Waals surface area contributed by atoms with Crippen molar-refractivity contribution in [2.45, 2.75) is 130 Å². The number of hydrogen-bond acceptors (Lipinski definition) is 7. The molecule has 8 nitrogen and oxygen atoms in total. The van der Waals surface area contributed by atoms with E-state index in [0.29, 0.717) is 25.7 Å². The third kappa shape index (κ3) is 12.1. The maximum Gasteiger partial charge on any atom is 0.250 e. The van der Waals surface area contributed by atoms with Gasteiger partial charge in [0.05, 0.1) is 26.4 Å². The Morgan fingerprint density at radius 2 is 1.49 bits per heavy atom. The SMILES string of the molecule is C=C(C)CCC(O)C(=O)N[C@H](CC[C@@H](OC)C(C)(C)[C@@H](CCCCCCc1c(C)c(OC)cc(OC)c1CC)OC)OC. The molecule has 0 bridgehead atoms. The highest BCUT2D eigenvalue weighted by Gasteiger charge is 2.38. The highest BCUT2D eigenvalue weighted by molar-refractivity contribution is 5.80. The largest absolute Gasteiger partial charge is 0.496 e. The van der Waals surface area contributed by atoms with Crippen molar-refractivity contribution in [2.24, 2.45) is 5.41 Å².